The van der Waals surface area contributed by atoms with Crippen LogP contribution in [0.5, 0.6) is 11.5 Å². The van der Waals surface area contributed by atoms with Crippen LogP contribution in [0.15, 0.2) is 30.6 Å². The summed E-state index contributed by atoms with van der Waals surface area (Å²) in [7, 11) is 1.28. The van der Waals surface area contributed by atoms with Gasteiger partial charge < -0.3 is 20.1 Å². The van der Waals surface area contributed by atoms with Gasteiger partial charge in [-0.05, 0) is 26.0 Å². The molecule has 9 nitrogen and oxygen atoms in total. The van der Waals surface area contributed by atoms with Crippen molar-refractivity contribution in [2.24, 2.45) is 0 Å². The van der Waals surface area contributed by atoms with Gasteiger partial charge in [-0.2, -0.15) is 22.5 Å². The SMILES string of the molecule is CNC(=O)Oc1cc(C(F)(F)F)cnc1Nc1nc(-c2cc(OC(C)C)ccn2)ns1. The van der Waals surface area contributed by atoms with Gasteiger partial charge in [0.05, 0.1) is 11.7 Å². The van der Waals surface area contributed by atoms with E-state index in [9.17, 15) is 18.0 Å². The van der Waals surface area contributed by atoms with Crippen molar-refractivity contribution in [1.29, 1.82) is 0 Å². The predicted molar refractivity (Wildman–Crippen MR) is 107 cm³/mol. The van der Waals surface area contributed by atoms with Crippen LogP contribution in [-0.2, 0) is 6.18 Å². The number of carbonyl (C=O) groups excluding carboxylic acids is 1. The topological polar surface area (TPSA) is 111 Å². The first-order valence-corrected chi connectivity index (χ1v) is 9.63. The molecule has 13 heteroatoms. The molecule has 31 heavy (non-hydrogen) atoms. The molecule has 0 spiro atoms. The summed E-state index contributed by atoms with van der Waals surface area (Å²) in [6.07, 6.45) is -3.46. The fraction of sp³-hybridized carbons (Fsp3) is 0.278. The van der Waals surface area contributed by atoms with Crippen LogP contribution >= 0.6 is 11.5 Å². The molecule has 0 aliphatic heterocycles. The first-order chi connectivity index (χ1) is 14.7. The van der Waals surface area contributed by atoms with Crippen molar-refractivity contribution in [3.05, 3.63) is 36.2 Å². The third-order valence-electron chi connectivity index (χ3n) is 3.57. The number of aromatic nitrogens is 4. The Balaban J connectivity index is 1.86. The molecule has 0 aromatic carbocycles. The zero-order valence-electron chi connectivity index (χ0n) is 16.5. The number of carbonyl (C=O) groups is 1. The van der Waals surface area contributed by atoms with Gasteiger partial charge in [0.25, 0.3) is 0 Å². The van der Waals surface area contributed by atoms with E-state index in [0.717, 1.165) is 11.5 Å². The number of amides is 1. The van der Waals surface area contributed by atoms with Crippen LogP contribution in [0.3, 0.4) is 0 Å². The number of nitrogens with zero attached hydrogens (tertiary/aromatic N) is 4. The minimum atomic E-state index is -4.66. The summed E-state index contributed by atoms with van der Waals surface area (Å²) in [6, 6.07) is 4.03. The van der Waals surface area contributed by atoms with Gasteiger partial charge in [0.15, 0.2) is 17.4 Å². The molecule has 0 atom stereocenters. The van der Waals surface area contributed by atoms with E-state index >= 15 is 0 Å². The highest BCUT2D eigenvalue weighted by atomic mass is 32.1. The van der Waals surface area contributed by atoms with Crippen molar-refractivity contribution in [2.45, 2.75) is 26.1 Å². The van der Waals surface area contributed by atoms with Crippen molar-refractivity contribution in [3.63, 3.8) is 0 Å². The lowest BCUT2D eigenvalue weighted by Gasteiger charge is -2.12. The second kappa shape index (κ2) is 9.12. The molecule has 1 amide bonds. The fourth-order valence-corrected chi connectivity index (χ4v) is 2.86. The van der Waals surface area contributed by atoms with E-state index in [1.807, 2.05) is 13.8 Å². The molecule has 0 bridgehead atoms. The Kier molecular flexibility index (Phi) is 6.53. The van der Waals surface area contributed by atoms with Gasteiger partial charge in [-0.25, -0.2) is 9.78 Å². The summed E-state index contributed by atoms with van der Waals surface area (Å²) in [5.74, 6) is 0.317. The Morgan fingerprint density at radius 2 is 2.00 bits per heavy atom. The third kappa shape index (κ3) is 5.78. The van der Waals surface area contributed by atoms with Crippen LogP contribution in [0.1, 0.15) is 19.4 Å². The Hall–Kier alpha value is -3.48. The molecular weight excluding hydrogens is 437 g/mol. The largest absolute Gasteiger partial charge is 0.491 e. The second-order valence-corrected chi connectivity index (χ2v) is 7.05. The van der Waals surface area contributed by atoms with E-state index in [2.05, 4.69) is 30.0 Å². The molecule has 0 aliphatic carbocycles. The van der Waals surface area contributed by atoms with Crippen molar-refractivity contribution in [1.82, 2.24) is 24.6 Å². The molecular formula is C18H17F3N6O3S. The predicted octanol–water partition coefficient (Wildman–Crippen LogP) is 4.26. The third-order valence-corrected chi connectivity index (χ3v) is 4.20. The molecule has 3 aromatic rings. The van der Waals surface area contributed by atoms with Crippen LogP contribution in [0.2, 0.25) is 0 Å². The number of nitrogens with one attached hydrogen (secondary N) is 2. The van der Waals surface area contributed by atoms with Crippen LogP contribution in [0.25, 0.3) is 11.5 Å². The summed E-state index contributed by atoms with van der Waals surface area (Å²) in [6.45, 7) is 3.78. The molecule has 3 aromatic heterocycles. The van der Waals surface area contributed by atoms with E-state index in [0.29, 0.717) is 23.7 Å². The average Bonchev–Trinajstić information content (AvgIpc) is 3.16. The zero-order valence-corrected chi connectivity index (χ0v) is 17.3. The van der Waals surface area contributed by atoms with Crippen molar-refractivity contribution >= 4 is 28.6 Å². The Labute approximate surface area is 178 Å². The van der Waals surface area contributed by atoms with Crippen LogP contribution in [-0.4, -0.2) is 38.6 Å². The lowest BCUT2D eigenvalue weighted by Crippen LogP contribution is -2.23. The lowest BCUT2D eigenvalue weighted by molar-refractivity contribution is -0.137. The highest BCUT2D eigenvalue weighted by Crippen LogP contribution is 2.35. The molecule has 164 valence electrons. The van der Waals surface area contributed by atoms with Gasteiger partial charge in [0, 0.05) is 37.0 Å². The number of hydrogen-bond acceptors (Lipinski definition) is 9. The summed E-state index contributed by atoms with van der Waals surface area (Å²) < 4.78 is 53.7. The molecule has 0 radical (unpaired) electrons. The maximum atomic E-state index is 13.0. The van der Waals surface area contributed by atoms with E-state index < -0.39 is 23.6 Å². The molecule has 3 rings (SSSR count). The Morgan fingerprint density at radius 1 is 1.23 bits per heavy atom. The number of hydrogen-bond donors (Lipinski definition) is 2. The lowest BCUT2D eigenvalue weighted by atomic mass is 10.2. The standard InChI is InChI=1S/C18H17F3N6O3S/c1-9(2)29-11-4-5-23-12(7-11)14-25-16(31-27-14)26-15-13(30-17(28)22-3)6-10(8-24-15)18(19,20)21/h4-9H,1-3H3,(H,22,28)(H,24,25,26,27). The van der Waals surface area contributed by atoms with Gasteiger partial charge in [-0.15, -0.1) is 0 Å². The highest BCUT2D eigenvalue weighted by molar-refractivity contribution is 7.09. The normalized spacial score (nSPS) is 11.3. The molecule has 3 heterocycles. The fourth-order valence-electron chi connectivity index (χ4n) is 2.28. The van der Waals surface area contributed by atoms with E-state index in [1.54, 1.807) is 18.3 Å². The van der Waals surface area contributed by atoms with E-state index in [-0.39, 0.29) is 22.9 Å². The molecule has 0 fully saturated rings. The summed E-state index contributed by atoms with van der Waals surface area (Å²) >= 11 is 0.931. The number of anilines is 2. The van der Waals surface area contributed by atoms with Crippen LogP contribution < -0.4 is 20.1 Å². The summed E-state index contributed by atoms with van der Waals surface area (Å²) in [5.41, 5.74) is -0.620. The number of alkyl halides is 3. The number of pyridine rings is 2. The Morgan fingerprint density at radius 3 is 2.68 bits per heavy atom. The first kappa shape index (κ1) is 22.2. The quantitative estimate of drug-likeness (QED) is 0.568. The minimum Gasteiger partial charge on any atom is -0.491 e. The van der Waals surface area contributed by atoms with Gasteiger partial charge >= 0.3 is 12.3 Å². The number of ether oxygens (including phenoxy) is 2. The molecule has 0 unspecified atom stereocenters. The second-order valence-electron chi connectivity index (χ2n) is 6.30. The van der Waals surface area contributed by atoms with Crippen LogP contribution in [0, 0.1) is 0 Å². The van der Waals surface area contributed by atoms with Gasteiger partial charge in [0.2, 0.25) is 5.13 Å². The van der Waals surface area contributed by atoms with Crippen molar-refractivity contribution in [2.75, 3.05) is 12.4 Å². The highest BCUT2D eigenvalue weighted by Gasteiger charge is 2.32. The number of halogens is 3. The number of rotatable bonds is 6. The van der Waals surface area contributed by atoms with Gasteiger partial charge in [-0.3, -0.25) is 4.98 Å². The maximum Gasteiger partial charge on any atom is 0.418 e. The van der Waals surface area contributed by atoms with Crippen molar-refractivity contribution < 1.29 is 27.4 Å². The summed E-state index contributed by atoms with van der Waals surface area (Å²) in [5, 5.41) is 5.09. The monoisotopic (exact) mass is 454 g/mol. The zero-order chi connectivity index (χ0) is 22.6. The van der Waals surface area contributed by atoms with Crippen LogP contribution in [0.4, 0.5) is 28.9 Å². The van der Waals surface area contributed by atoms with Crippen molar-refractivity contribution in [3.8, 4) is 23.0 Å². The molecule has 0 saturated carbocycles. The van der Waals surface area contributed by atoms with E-state index in [1.165, 1.54) is 7.05 Å². The maximum absolute atomic E-state index is 13.0. The van der Waals surface area contributed by atoms with Gasteiger partial charge in [0.1, 0.15) is 11.4 Å². The molecule has 0 aliphatic rings. The first-order valence-electron chi connectivity index (χ1n) is 8.86. The smallest absolute Gasteiger partial charge is 0.418 e. The molecule has 2 N–H and O–H groups in total. The minimum absolute atomic E-state index is 0.0274. The average molecular weight is 454 g/mol. The van der Waals surface area contributed by atoms with E-state index in [4.69, 9.17) is 9.47 Å². The Bertz CT molecular complexity index is 1070. The van der Waals surface area contributed by atoms with Gasteiger partial charge in [-0.1, -0.05) is 0 Å². The summed E-state index contributed by atoms with van der Waals surface area (Å²) in [4.78, 5) is 23.7. The molecule has 0 saturated heterocycles.